The maximum absolute atomic E-state index is 12.4. The van der Waals surface area contributed by atoms with Crippen LogP contribution in [0, 0.1) is 0 Å². The van der Waals surface area contributed by atoms with Crippen molar-refractivity contribution in [1.82, 2.24) is 14.5 Å². The Balaban J connectivity index is 2.05. The zero-order chi connectivity index (χ0) is 16.3. The van der Waals surface area contributed by atoms with Crippen LogP contribution in [0.15, 0.2) is 29.2 Å². The molecular formula is C14H20ClN3O3S. The summed E-state index contributed by atoms with van der Waals surface area (Å²) in [6.45, 7) is 1.44. The van der Waals surface area contributed by atoms with Gasteiger partial charge in [-0.05, 0) is 37.2 Å². The van der Waals surface area contributed by atoms with Crippen LogP contribution < -0.4 is 5.32 Å². The van der Waals surface area contributed by atoms with E-state index in [1.165, 1.54) is 31.3 Å². The quantitative estimate of drug-likeness (QED) is 0.856. The molecule has 1 atom stereocenters. The van der Waals surface area contributed by atoms with Crippen molar-refractivity contribution in [2.24, 2.45) is 0 Å². The first kappa shape index (κ1) is 17.2. The van der Waals surface area contributed by atoms with Crippen molar-refractivity contribution < 1.29 is 13.2 Å². The highest BCUT2D eigenvalue weighted by Crippen LogP contribution is 2.17. The molecule has 122 valence electrons. The number of halogens is 1. The van der Waals surface area contributed by atoms with Crippen molar-refractivity contribution in [3.8, 4) is 0 Å². The highest BCUT2D eigenvalue weighted by atomic mass is 35.5. The fourth-order valence-corrected chi connectivity index (χ4v) is 3.59. The molecule has 6 nitrogen and oxygen atoms in total. The van der Waals surface area contributed by atoms with Gasteiger partial charge in [-0.15, -0.1) is 0 Å². The second-order valence-electron chi connectivity index (χ2n) is 5.37. The summed E-state index contributed by atoms with van der Waals surface area (Å²) in [7, 11) is -0.580. The van der Waals surface area contributed by atoms with Gasteiger partial charge in [0.1, 0.15) is 0 Å². The largest absolute Gasteiger partial charge is 0.340 e. The molecule has 1 fully saturated rings. The van der Waals surface area contributed by atoms with Gasteiger partial charge in [0.25, 0.3) is 0 Å². The molecule has 2 rings (SSSR count). The van der Waals surface area contributed by atoms with Gasteiger partial charge in [-0.2, -0.15) is 4.31 Å². The summed E-state index contributed by atoms with van der Waals surface area (Å²) < 4.78 is 25.9. The van der Waals surface area contributed by atoms with Gasteiger partial charge in [-0.1, -0.05) is 11.6 Å². The van der Waals surface area contributed by atoms with E-state index in [1.807, 2.05) is 0 Å². The first-order valence-electron chi connectivity index (χ1n) is 7.00. The number of hydrogen-bond acceptors (Lipinski definition) is 4. The summed E-state index contributed by atoms with van der Waals surface area (Å²) in [5.41, 5.74) is 0. The molecule has 1 aliphatic rings. The highest BCUT2D eigenvalue weighted by molar-refractivity contribution is 7.89. The molecule has 8 heteroatoms. The van der Waals surface area contributed by atoms with Crippen molar-refractivity contribution in [2.45, 2.75) is 17.4 Å². The van der Waals surface area contributed by atoms with Gasteiger partial charge in [-0.25, -0.2) is 8.42 Å². The summed E-state index contributed by atoms with van der Waals surface area (Å²) in [6, 6.07) is 6.02. The molecule has 1 aliphatic heterocycles. The Morgan fingerprint density at radius 3 is 2.50 bits per heavy atom. The van der Waals surface area contributed by atoms with E-state index in [9.17, 15) is 13.2 Å². The zero-order valence-corrected chi connectivity index (χ0v) is 14.2. The average molecular weight is 346 g/mol. The van der Waals surface area contributed by atoms with Gasteiger partial charge in [-0.3, -0.25) is 4.79 Å². The fourth-order valence-electron chi connectivity index (χ4n) is 2.35. The third-order valence-electron chi connectivity index (χ3n) is 3.86. The smallest absolute Gasteiger partial charge is 0.243 e. The first-order chi connectivity index (χ1) is 10.3. The van der Waals surface area contributed by atoms with Crippen molar-refractivity contribution >= 4 is 27.5 Å². The molecule has 1 amide bonds. The van der Waals surface area contributed by atoms with Gasteiger partial charge < -0.3 is 10.2 Å². The fraction of sp³-hybridized carbons (Fsp3) is 0.500. The van der Waals surface area contributed by atoms with E-state index in [-0.39, 0.29) is 23.4 Å². The van der Waals surface area contributed by atoms with Crippen molar-refractivity contribution in [2.75, 3.05) is 33.7 Å². The van der Waals surface area contributed by atoms with Crippen LogP contribution in [-0.2, 0) is 14.8 Å². The van der Waals surface area contributed by atoms with Crippen LogP contribution in [-0.4, -0.2) is 63.3 Å². The molecule has 0 radical (unpaired) electrons. The van der Waals surface area contributed by atoms with E-state index in [4.69, 9.17) is 11.6 Å². The number of sulfonamides is 1. The lowest BCUT2D eigenvalue weighted by atomic mass is 10.2. The monoisotopic (exact) mass is 345 g/mol. The summed E-state index contributed by atoms with van der Waals surface area (Å²) in [5, 5.41) is 3.65. The molecule has 1 N–H and O–H groups in total. The lowest BCUT2D eigenvalue weighted by Gasteiger charge is -2.26. The highest BCUT2D eigenvalue weighted by Gasteiger charge is 2.27. The number of amides is 1. The Morgan fingerprint density at radius 2 is 1.95 bits per heavy atom. The topological polar surface area (TPSA) is 69.7 Å². The Hall–Kier alpha value is -1.15. The summed E-state index contributed by atoms with van der Waals surface area (Å²) in [5.74, 6) is -0.214. The third kappa shape index (κ3) is 3.78. The van der Waals surface area contributed by atoms with E-state index in [0.717, 1.165) is 23.8 Å². The normalized spacial score (nSPS) is 18.6. The number of carbonyl (C=O) groups excluding carboxylic acids is 1. The molecule has 22 heavy (non-hydrogen) atoms. The van der Waals surface area contributed by atoms with Crippen LogP contribution in [0.25, 0.3) is 0 Å². The van der Waals surface area contributed by atoms with E-state index < -0.39 is 10.0 Å². The molecule has 0 spiro atoms. The Labute approximate surface area is 136 Å². The number of nitrogens with one attached hydrogen (secondary N) is 1. The average Bonchev–Trinajstić information content (AvgIpc) is 3.00. The van der Waals surface area contributed by atoms with Crippen LogP contribution in [0.1, 0.15) is 6.42 Å². The molecule has 0 saturated carbocycles. The number of benzene rings is 1. The lowest BCUT2D eigenvalue weighted by Crippen LogP contribution is -2.44. The van der Waals surface area contributed by atoms with Crippen LogP contribution in [0.4, 0.5) is 0 Å². The van der Waals surface area contributed by atoms with E-state index in [1.54, 1.807) is 11.9 Å². The molecule has 1 aromatic carbocycles. The van der Waals surface area contributed by atoms with E-state index >= 15 is 0 Å². The summed E-state index contributed by atoms with van der Waals surface area (Å²) >= 11 is 5.76. The van der Waals surface area contributed by atoms with Gasteiger partial charge >= 0.3 is 0 Å². The standard InChI is InChI=1S/C14H20ClN3O3S/c1-17(10-14(19)18(2)12-7-8-16-9-12)22(20,21)13-5-3-11(15)4-6-13/h3-6,12,16H,7-10H2,1-2H3. The molecule has 0 aromatic heterocycles. The number of likely N-dealkylation sites (N-methyl/N-ethyl adjacent to an activating group) is 2. The summed E-state index contributed by atoms with van der Waals surface area (Å²) in [6.07, 6.45) is 0.885. The maximum atomic E-state index is 12.4. The minimum Gasteiger partial charge on any atom is -0.340 e. The molecule has 1 unspecified atom stereocenters. The van der Waals surface area contributed by atoms with Gasteiger partial charge in [0.05, 0.1) is 11.4 Å². The van der Waals surface area contributed by atoms with Crippen LogP contribution >= 0.6 is 11.6 Å². The van der Waals surface area contributed by atoms with Crippen LogP contribution in [0.5, 0.6) is 0 Å². The van der Waals surface area contributed by atoms with Crippen molar-refractivity contribution in [3.05, 3.63) is 29.3 Å². The van der Waals surface area contributed by atoms with Crippen LogP contribution in [0.3, 0.4) is 0 Å². The summed E-state index contributed by atoms with van der Waals surface area (Å²) in [4.78, 5) is 14.0. The van der Waals surface area contributed by atoms with Crippen LogP contribution in [0.2, 0.25) is 5.02 Å². The van der Waals surface area contributed by atoms with Gasteiger partial charge in [0, 0.05) is 31.7 Å². The molecule has 1 saturated heterocycles. The zero-order valence-electron chi connectivity index (χ0n) is 12.6. The second kappa shape index (κ2) is 6.95. The Kier molecular flexibility index (Phi) is 5.44. The number of carbonyl (C=O) groups is 1. The molecule has 0 bridgehead atoms. The number of nitrogens with zero attached hydrogens (tertiary/aromatic N) is 2. The Bertz CT molecular complexity index is 627. The SMILES string of the molecule is CN(C(=O)CN(C)S(=O)(=O)c1ccc(Cl)cc1)C1CCNC1. The minimum absolute atomic E-state index is 0.123. The van der Waals surface area contributed by atoms with Crippen molar-refractivity contribution in [1.29, 1.82) is 0 Å². The lowest BCUT2D eigenvalue weighted by molar-refractivity contribution is -0.131. The van der Waals surface area contributed by atoms with Crippen molar-refractivity contribution in [3.63, 3.8) is 0 Å². The molecule has 1 aromatic rings. The Morgan fingerprint density at radius 1 is 1.32 bits per heavy atom. The third-order valence-corrected chi connectivity index (χ3v) is 5.92. The van der Waals surface area contributed by atoms with E-state index in [2.05, 4.69) is 5.32 Å². The molecular weight excluding hydrogens is 326 g/mol. The number of hydrogen-bond donors (Lipinski definition) is 1. The second-order valence-corrected chi connectivity index (χ2v) is 7.85. The van der Waals surface area contributed by atoms with Gasteiger partial charge in [0.15, 0.2) is 0 Å². The van der Waals surface area contributed by atoms with Gasteiger partial charge in [0.2, 0.25) is 15.9 Å². The predicted molar refractivity (Wildman–Crippen MR) is 85.3 cm³/mol. The maximum Gasteiger partial charge on any atom is 0.243 e. The predicted octanol–water partition coefficient (Wildman–Crippen LogP) is 0.781. The van der Waals surface area contributed by atoms with E-state index in [0.29, 0.717) is 5.02 Å². The minimum atomic E-state index is -3.70. The molecule has 1 heterocycles. The number of rotatable bonds is 5. The first-order valence-corrected chi connectivity index (χ1v) is 8.82. The molecule has 0 aliphatic carbocycles.